The van der Waals surface area contributed by atoms with Gasteiger partial charge in [0.2, 0.25) is 0 Å². The second kappa shape index (κ2) is 13.0. The molecule has 0 saturated heterocycles. The van der Waals surface area contributed by atoms with Gasteiger partial charge in [-0.1, -0.05) is 66.7 Å². The maximum Gasteiger partial charge on any atom is 0.411 e. The molecule has 10 heteroatoms. The van der Waals surface area contributed by atoms with Gasteiger partial charge in [0.1, 0.15) is 17.9 Å². The third kappa shape index (κ3) is 6.31. The first-order valence-electron chi connectivity index (χ1n) is 15.2. The van der Waals surface area contributed by atoms with Gasteiger partial charge in [-0.05, 0) is 72.0 Å². The number of rotatable bonds is 8. The first kappa shape index (κ1) is 30.6. The molecule has 7 aromatic rings. The number of carbonyl (C=O) groups excluding carboxylic acids is 3. The van der Waals surface area contributed by atoms with E-state index in [0.717, 1.165) is 27.3 Å². The molecule has 2 heterocycles. The lowest BCUT2D eigenvalue weighted by atomic mass is 9.99. The van der Waals surface area contributed by atoms with Gasteiger partial charge in [-0.25, -0.2) is 4.79 Å². The van der Waals surface area contributed by atoms with Crippen molar-refractivity contribution >= 4 is 79.2 Å². The highest BCUT2D eigenvalue weighted by molar-refractivity contribution is 6.23. The number of furan rings is 1. The molecule has 5 aromatic carbocycles. The van der Waals surface area contributed by atoms with Crippen molar-refractivity contribution in [2.24, 2.45) is 0 Å². The summed E-state index contributed by atoms with van der Waals surface area (Å²) in [5, 5.41) is 11.3. The number of H-pyrrole nitrogens is 1. The number of ether oxygens (including phenoxy) is 1. The van der Waals surface area contributed by atoms with Crippen LogP contribution in [0.15, 0.2) is 120 Å². The predicted molar refractivity (Wildman–Crippen MR) is 189 cm³/mol. The number of anilines is 3. The number of carbonyl (C=O) groups is 3. The number of hydrogen-bond acceptors (Lipinski definition) is 5. The lowest BCUT2D eigenvalue weighted by Gasteiger charge is -2.17. The van der Waals surface area contributed by atoms with E-state index >= 15 is 0 Å². The molecule has 1 unspecified atom stereocenters. The predicted octanol–water partition coefficient (Wildman–Crippen LogP) is 9.62. The SMILES string of the molecule is CC(Cl)c1ccc(NC(=O)OCc2ccccc2)c2c(NC(=O)c3cc4cc(NC(=O)c5cc6ccccc6o5)ccc4[nH]3)cccc12. The summed E-state index contributed by atoms with van der Waals surface area (Å²) >= 11 is 6.52. The highest BCUT2D eigenvalue weighted by atomic mass is 35.5. The van der Waals surface area contributed by atoms with Gasteiger partial charge < -0.3 is 24.8 Å². The Bertz CT molecular complexity index is 2290. The van der Waals surface area contributed by atoms with Crippen molar-refractivity contribution in [1.82, 2.24) is 4.98 Å². The van der Waals surface area contributed by atoms with Gasteiger partial charge >= 0.3 is 6.09 Å². The topological polar surface area (TPSA) is 125 Å². The van der Waals surface area contributed by atoms with E-state index in [1.807, 2.05) is 73.7 Å². The van der Waals surface area contributed by atoms with Gasteiger partial charge in [-0.15, -0.1) is 11.6 Å². The average molecular weight is 657 g/mol. The van der Waals surface area contributed by atoms with Gasteiger partial charge in [-0.3, -0.25) is 14.9 Å². The Balaban J connectivity index is 1.12. The molecule has 9 nitrogen and oxygen atoms in total. The summed E-state index contributed by atoms with van der Waals surface area (Å²) in [6.07, 6.45) is -0.633. The van der Waals surface area contributed by atoms with Gasteiger partial charge in [0.15, 0.2) is 5.76 Å². The summed E-state index contributed by atoms with van der Waals surface area (Å²) in [6, 6.07) is 34.6. The number of aromatic nitrogens is 1. The Morgan fingerprint density at radius 3 is 2.38 bits per heavy atom. The Hall–Kier alpha value is -6.06. The van der Waals surface area contributed by atoms with E-state index in [2.05, 4.69) is 20.9 Å². The number of alkyl halides is 1. The number of hydrogen-bond donors (Lipinski definition) is 4. The van der Waals surface area contributed by atoms with Crippen molar-refractivity contribution in [3.8, 4) is 0 Å². The molecule has 0 spiro atoms. The van der Waals surface area contributed by atoms with E-state index in [0.29, 0.717) is 39.2 Å². The molecule has 7 rings (SSSR count). The van der Waals surface area contributed by atoms with E-state index in [4.69, 9.17) is 20.8 Å². The molecular weight excluding hydrogens is 628 g/mol. The Morgan fingerprint density at radius 2 is 1.56 bits per heavy atom. The number of para-hydroxylation sites is 1. The molecule has 2 aromatic heterocycles. The zero-order valence-corrected chi connectivity index (χ0v) is 26.4. The molecule has 48 heavy (non-hydrogen) atoms. The van der Waals surface area contributed by atoms with Crippen molar-refractivity contribution in [3.05, 3.63) is 138 Å². The second-order valence-corrected chi connectivity index (χ2v) is 11.9. The van der Waals surface area contributed by atoms with Crippen LogP contribution in [0.25, 0.3) is 32.6 Å². The Morgan fingerprint density at radius 1 is 0.771 bits per heavy atom. The molecular formula is C38H29ClN4O5. The Kier molecular flexibility index (Phi) is 8.27. The van der Waals surface area contributed by atoms with Crippen LogP contribution >= 0.6 is 11.6 Å². The molecule has 238 valence electrons. The first-order valence-corrected chi connectivity index (χ1v) is 15.7. The number of halogens is 1. The fourth-order valence-electron chi connectivity index (χ4n) is 5.66. The number of amides is 3. The molecule has 0 aliphatic rings. The van der Waals surface area contributed by atoms with Crippen LogP contribution in [0.1, 0.15) is 44.5 Å². The highest BCUT2D eigenvalue weighted by Gasteiger charge is 2.19. The number of fused-ring (bicyclic) bond motifs is 3. The van der Waals surface area contributed by atoms with Gasteiger partial charge in [-0.2, -0.15) is 0 Å². The third-order valence-electron chi connectivity index (χ3n) is 7.97. The zero-order chi connectivity index (χ0) is 33.2. The molecule has 0 aliphatic carbocycles. The van der Waals surface area contributed by atoms with Crippen LogP contribution in [0.4, 0.5) is 21.9 Å². The smallest absolute Gasteiger partial charge is 0.411 e. The van der Waals surface area contributed by atoms with E-state index < -0.39 is 12.0 Å². The van der Waals surface area contributed by atoms with Gasteiger partial charge in [0, 0.05) is 27.4 Å². The van der Waals surface area contributed by atoms with Crippen LogP contribution in [0, 0.1) is 0 Å². The minimum absolute atomic E-state index is 0.108. The summed E-state index contributed by atoms with van der Waals surface area (Å²) < 4.78 is 11.1. The van der Waals surface area contributed by atoms with Crippen LogP contribution in [0.3, 0.4) is 0 Å². The second-order valence-electron chi connectivity index (χ2n) is 11.3. The summed E-state index contributed by atoms with van der Waals surface area (Å²) in [5.74, 6) is -0.576. The van der Waals surface area contributed by atoms with Gasteiger partial charge in [0.25, 0.3) is 11.8 Å². The quantitative estimate of drug-likeness (QED) is 0.121. The van der Waals surface area contributed by atoms with E-state index in [1.54, 1.807) is 48.5 Å². The van der Waals surface area contributed by atoms with Gasteiger partial charge in [0.05, 0.1) is 16.8 Å². The van der Waals surface area contributed by atoms with Crippen LogP contribution in [-0.2, 0) is 11.3 Å². The molecule has 0 radical (unpaired) electrons. The lowest BCUT2D eigenvalue weighted by Crippen LogP contribution is -2.16. The fourth-order valence-corrected chi connectivity index (χ4v) is 5.85. The van der Waals surface area contributed by atoms with E-state index in [9.17, 15) is 14.4 Å². The molecule has 0 aliphatic heterocycles. The van der Waals surface area contributed by atoms with Crippen molar-refractivity contribution in [2.45, 2.75) is 18.9 Å². The number of nitrogens with one attached hydrogen (secondary N) is 4. The summed E-state index contributed by atoms with van der Waals surface area (Å²) in [6.45, 7) is 1.97. The standard InChI is InChI=1S/C38H29ClN4O5/c1-22(39)27-15-17-31(43-38(46)47-21-23-8-3-2-4-9-23)35-28(27)11-7-12-30(35)42-36(44)32-19-25-18-26(14-16-29(25)41-32)40-37(45)34-20-24-10-5-6-13-33(24)48-34/h2-20,22,41H,21H2,1H3,(H,40,45)(H,42,44)(H,43,46). The van der Waals surface area contributed by atoms with Crippen molar-refractivity contribution in [1.29, 1.82) is 0 Å². The molecule has 0 bridgehead atoms. The first-order chi connectivity index (χ1) is 23.3. The molecule has 0 fully saturated rings. The maximum atomic E-state index is 13.6. The van der Waals surface area contributed by atoms with Crippen molar-refractivity contribution in [2.75, 3.05) is 16.0 Å². The van der Waals surface area contributed by atoms with Crippen LogP contribution in [-0.4, -0.2) is 22.9 Å². The van der Waals surface area contributed by atoms with E-state index in [-0.39, 0.29) is 23.7 Å². The largest absolute Gasteiger partial charge is 0.451 e. The highest BCUT2D eigenvalue weighted by Crippen LogP contribution is 2.37. The van der Waals surface area contributed by atoms with Crippen LogP contribution in [0.2, 0.25) is 0 Å². The fraction of sp³-hybridized carbons (Fsp3) is 0.0789. The average Bonchev–Trinajstić information content (AvgIpc) is 3.73. The number of aromatic amines is 1. The van der Waals surface area contributed by atoms with Crippen LogP contribution < -0.4 is 16.0 Å². The zero-order valence-electron chi connectivity index (χ0n) is 25.7. The number of benzene rings is 5. The molecule has 3 amide bonds. The lowest BCUT2D eigenvalue weighted by molar-refractivity contribution is 0.0996. The summed E-state index contributed by atoms with van der Waals surface area (Å²) in [7, 11) is 0. The summed E-state index contributed by atoms with van der Waals surface area (Å²) in [4.78, 5) is 42.5. The van der Waals surface area contributed by atoms with E-state index in [1.165, 1.54) is 0 Å². The molecule has 0 saturated carbocycles. The van der Waals surface area contributed by atoms with Crippen LogP contribution in [0.5, 0.6) is 0 Å². The minimum Gasteiger partial charge on any atom is -0.451 e. The Labute approximate surface area is 279 Å². The molecule has 4 N–H and O–H groups in total. The minimum atomic E-state index is -0.633. The maximum absolute atomic E-state index is 13.6. The third-order valence-corrected chi connectivity index (χ3v) is 8.21. The monoisotopic (exact) mass is 656 g/mol. The van der Waals surface area contributed by atoms with Crippen molar-refractivity contribution < 1.29 is 23.5 Å². The summed E-state index contributed by atoms with van der Waals surface area (Å²) in [5.41, 5.74) is 4.83. The van der Waals surface area contributed by atoms with Crippen molar-refractivity contribution in [3.63, 3.8) is 0 Å². The normalized spacial score (nSPS) is 11.8. The molecule has 1 atom stereocenters.